The van der Waals surface area contributed by atoms with Gasteiger partial charge < -0.3 is 19.7 Å². The maximum Gasteiger partial charge on any atom is 0.194 e. The highest BCUT2D eigenvalue weighted by molar-refractivity contribution is 14.0. The molecular weight excluding hydrogens is 484 g/mol. The second-order valence-electron chi connectivity index (χ2n) is 7.05. The molecular formula is C22H29FIN3O2. The van der Waals surface area contributed by atoms with Crippen LogP contribution in [0.4, 0.5) is 4.39 Å². The van der Waals surface area contributed by atoms with Crippen molar-refractivity contribution in [1.82, 2.24) is 10.2 Å². The molecule has 1 heterocycles. The van der Waals surface area contributed by atoms with E-state index in [0.717, 1.165) is 23.6 Å². The normalized spacial score (nSPS) is 19.6. The minimum absolute atomic E-state index is 0. The fourth-order valence-electron chi connectivity index (χ4n) is 3.50. The number of aliphatic imine (C=N–C) groups is 1. The third kappa shape index (κ3) is 6.65. The Balaban J connectivity index is 0.00000300. The highest BCUT2D eigenvalue weighted by Gasteiger charge is 2.28. The minimum Gasteiger partial charge on any atom is -0.380 e. The molecule has 2 aromatic carbocycles. The molecule has 0 aliphatic carbocycles. The Bertz CT molecular complexity index is 801. The van der Waals surface area contributed by atoms with Crippen LogP contribution in [0.1, 0.15) is 29.7 Å². The Morgan fingerprint density at radius 3 is 2.62 bits per heavy atom. The lowest BCUT2D eigenvalue weighted by molar-refractivity contribution is -0.0605. The summed E-state index contributed by atoms with van der Waals surface area (Å²) in [4.78, 5) is 6.65. The molecule has 1 aliphatic heterocycles. The van der Waals surface area contributed by atoms with Gasteiger partial charge >= 0.3 is 0 Å². The number of nitrogens with one attached hydrogen (secondary N) is 1. The quantitative estimate of drug-likeness (QED) is 0.371. The molecule has 3 rings (SSSR count). The first-order chi connectivity index (χ1) is 13.6. The second-order valence-corrected chi connectivity index (χ2v) is 7.05. The maximum absolute atomic E-state index is 13.2. The van der Waals surface area contributed by atoms with Crippen LogP contribution in [0, 0.1) is 5.82 Å². The summed E-state index contributed by atoms with van der Waals surface area (Å²) < 4.78 is 24.5. The van der Waals surface area contributed by atoms with Crippen molar-refractivity contribution in [1.29, 1.82) is 0 Å². The van der Waals surface area contributed by atoms with E-state index in [1.807, 2.05) is 13.0 Å². The van der Waals surface area contributed by atoms with Gasteiger partial charge in [-0.05, 0) is 35.7 Å². The first kappa shape index (κ1) is 23.6. The molecule has 2 aromatic rings. The van der Waals surface area contributed by atoms with Gasteiger partial charge in [-0.3, -0.25) is 4.99 Å². The van der Waals surface area contributed by atoms with Crippen LogP contribution >= 0.6 is 24.0 Å². The molecule has 0 amide bonds. The molecule has 1 N–H and O–H groups in total. The summed E-state index contributed by atoms with van der Waals surface area (Å²) in [6, 6.07) is 14.8. The molecule has 7 heteroatoms. The van der Waals surface area contributed by atoms with Gasteiger partial charge in [-0.1, -0.05) is 36.4 Å². The summed E-state index contributed by atoms with van der Waals surface area (Å²) in [6.45, 7) is 4.74. The lowest BCUT2D eigenvalue weighted by atomic mass is 10.1. The molecule has 2 unspecified atom stereocenters. The van der Waals surface area contributed by atoms with Crippen molar-refractivity contribution in [3.63, 3.8) is 0 Å². The monoisotopic (exact) mass is 513 g/mol. The van der Waals surface area contributed by atoms with Crippen LogP contribution < -0.4 is 5.32 Å². The molecule has 0 radical (unpaired) electrons. The van der Waals surface area contributed by atoms with Crippen molar-refractivity contribution in [3.8, 4) is 0 Å². The summed E-state index contributed by atoms with van der Waals surface area (Å²) in [5.41, 5.74) is 3.29. The van der Waals surface area contributed by atoms with E-state index in [0.29, 0.717) is 19.7 Å². The minimum atomic E-state index is -0.238. The fraction of sp³-hybridized carbons (Fsp3) is 0.409. The zero-order chi connectivity index (χ0) is 19.9. The lowest BCUT2D eigenvalue weighted by Crippen LogP contribution is -2.50. The predicted octanol–water partition coefficient (Wildman–Crippen LogP) is 4.13. The van der Waals surface area contributed by atoms with Gasteiger partial charge in [0, 0.05) is 27.2 Å². The van der Waals surface area contributed by atoms with Crippen molar-refractivity contribution in [2.75, 3.05) is 27.2 Å². The topological polar surface area (TPSA) is 46.1 Å². The fourth-order valence-corrected chi connectivity index (χ4v) is 3.50. The number of methoxy groups -OCH3 is 1. The van der Waals surface area contributed by atoms with Crippen LogP contribution in [0.15, 0.2) is 53.5 Å². The number of guanidine groups is 1. The third-order valence-electron chi connectivity index (χ3n) is 4.77. The van der Waals surface area contributed by atoms with Gasteiger partial charge in [-0.2, -0.15) is 0 Å². The molecule has 0 aromatic heterocycles. The number of morpholine rings is 1. The number of ether oxygens (including phenoxy) is 2. The summed E-state index contributed by atoms with van der Waals surface area (Å²) >= 11 is 0. The number of hydrogen-bond donors (Lipinski definition) is 1. The van der Waals surface area contributed by atoms with E-state index >= 15 is 0 Å². The number of nitrogens with zero attached hydrogens (tertiary/aromatic N) is 2. The van der Waals surface area contributed by atoms with Crippen molar-refractivity contribution in [2.45, 2.75) is 32.3 Å². The molecule has 1 fully saturated rings. The number of halogens is 2. The zero-order valence-corrected chi connectivity index (χ0v) is 19.4. The van der Waals surface area contributed by atoms with Gasteiger partial charge in [0.1, 0.15) is 11.9 Å². The molecule has 5 nitrogen and oxygen atoms in total. The summed E-state index contributed by atoms with van der Waals surface area (Å²) in [6.07, 6.45) is -0.0692. The van der Waals surface area contributed by atoms with Crippen LogP contribution in [0.5, 0.6) is 0 Å². The first-order valence-corrected chi connectivity index (χ1v) is 9.52. The van der Waals surface area contributed by atoms with Crippen LogP contribution in [-0.2, 0) is 22.6 Å². The van der Waals surface area contributed by atoms with E-state index in [2.05, 4.69) is 33.4 Å². The largest absolute Gasteiger partial charge is 0.380 e. The Kier molecular flexibility index (Phi) is 9.32. The molecule has 0 saturated carbocycles. The summed E-state index contributed by atoms with van der Waals surface area (Å²) in [5, 5.41) is 3.45. The van der Waals surface area contributed by atoms with Crippen LogP contribution in [0.2, 0.25) is 0 Å². The van der Waals surface area contributed by atoms with E-state index in [1.165, 1.54) is 17.7 Å². The standard InChI is InChI=1S/C22H28FN3O2.HI/c1-16-13-26(14-21(28-16)19-7-9-20(23)10-8-19)22(24-2)25-12-17-5-4-6-18(11-17)15-27-3;/h4-11,16,21H,12-15H2,1-3H3,(H,24,25);1H. The molecule has 158 valence electrons. The zero-order valence-electron chi connectivity index (χ0n) is 17.1. The molecule has 0 spiro atoms. The van der Waals surface area contributed by atoms with Crippen LogP contribution in [0.25, 0.3) is 0 Å². The molecule has 2 atom stereocenters. The number of benzene rings is 2. The third-order valence-corrected chi connectivity index (χ3v) is 4.77. The second kappa shape index (κ2) is 11.5. The Hall–Kier alpha value is -1.71. The van der Waals surface area contributed by atoms with Gasteiger partial charge in [0.15, 0.2) is 5.96 Å². The highest BCUT2D eigenvalue weighted by atomic mass is 127. The average molecular weight is 513 g/mol. The van der Waals surface area contributed by atoms with E-state index in [4.69, 9.17) is 9.47 Å². The van der Waals surface area contributed by atoms with Crippen molar-refractivity contribution in [2.24, 2.45) is 4.99 Å². The van der Waals surface area contributed by atoms with Gasteiger partial charge in [-0.15, -0.1) is 24.0 Å². The van der Waals surface area contributed by atoms with E-state index in [1.54, 1.807) is 26.3 Å². The van der Waals surface area contributed by atoms with Crippen LogP contribution in [-0.4, -0.2) is 44.2 Å². The SMILES string of the molecule is CN=C(NCc1cccc(COC)c1)N1CC(C)OC(c2ccc(F)cc2)C1.I. The summed E-state index contributed by atoms with van der Waals surface area (Å²) in [5.74, 6) is 0.594. The Morgan fingerprint density at radius 1 is 1.21 bits per heavy atom. The lowest BCUT2D eigenvalue weighted by Gasteiger charge is -2.38. The maximum atomic E-state index is 13.2. The molecule has 29 heavy (non-hydrogen) atoms. The Labute approximate surface area is 189 Å². The number of hydrogen-bond acceptors (Lipinski definition) is 3. The van der Waals surface area contributed by atoms with E-state index < -0.39 is 0 Å². The van der Waals surface area contributed by atoms with E-state index in [-0.39, 0.29) is 42.0 Å². The van der Waals surface area contributed by atoms with Gasteiger partial charge in [-0.25, -0.2) is 4.39 Å². The first-order valence-electron chi connectivity index (χ1n) is 9.52. The highest BCUT2D eigenvalue weighted by Crippen LogP contribution is 2.25. The predicted molar refractivity (Wildman–Crippen MR) is 124 cm³/mol. The smallest absolute Gasteiger partial charge is 0.194 e. The average Bonchev–Trinajstić information content (AvgIpc) is 2.69. The molecule has 0 bridgehead atoms. The van der Waals surface area contributed by atoms with Crippen LogP contribution in [0.3, 0.4) is 0 Å². The molecule has 1 aliphatic rings. The van der Waals surface area contributed by atoms with Crippen molar-refractivity contribution in [3.05, 3.63) is 71.0 Å². The van der Waals surface area contributed by atoms with E-state index in [9.17, 15) is 4.39 Å². The van der Waals surface area contributed by atoms with Gasteiger partial charge in [0.25, 0.3) is 0 Å². The Morgan fingerprint density at radius 2 is 1.93 bits per heavy atom. The van der Waals surface area contributed by atoms with Gasteiger partial charge in [0.05, 0.1) is 19.3 Å². The summed E-state index contributed by atoms with van der Waals surface area (Å²) in [7, 11) is 3.49. The van der Waals surface area contributed by atoms with Crippen molar-refractivity contribution >= 4 is 29.9 Å². The van der Waals surface area contributed by atoms with Crippen molar-refractivity contribution < 1.29 is 13.9 Å². The molecule has 1 saturated heterocycles. The van der Waals surface area contributed by atoms with Gasteiger partial charge in [0.2, 0.25) is 0 Å². The number of rotatable bonds is 5.